The van der Waals surface area contributed by atoms with Crippen molar-refractivity contribution in [3.63, 3.8) is 0 Å². The van der Waals surface area contributed by atoms with Gasteiger partial charge in [0.05, 0.1) is 28.1 Å². The fraction of sp³-hybridized carbons (Fsp3) is 0.500. The van der Waals surface area contributed by atoms with E-state index >= 15 is 0 Å². The van der Waals surface area contributed by atoms with E-state index in [0.717, 1.165) is 31.0 Å². The van der Waals surface area contributed by atoms with Crippen molar-refractivity contribution in [3.8, 4) is 0 Å². The number of nitrogens with zero attached hydrogens (tertiary/aromatic N) is 1. The van der Waals surface area contributed by atoms with Crippen LogP contribution in [0.3, 0.4) is 0 Å². The molecule has 8 heteroatoms. The van der Waals surface area contributed by atoms with Gasteiger partial charge in [-0.15, -0.1) is 0 Å². The predicted octanol–water partition coefficient (Wildman–Crippen LogP) is 3.56. The van der Waals surface area contributed by atoms with Crippen LogP contribution in [0.25, 0.3) is 0 Å². The summed E-state index contributed by atoms with van der Waals surface area (Å²) in [5.41, 5.74) is -0.974. The molecule has 2 aliphatic rings. The third kappa shape index (κ3) is 3.50. The van der Waals surface area contributed by atoms with E-state index in [2.05, 4.69) is 5.32 Å². The van der Waals surface area contributed by atoms with Gasteiger partial charge in [-0.05, 0) is 37.5 Å². The second-order valence-corrected chi connectivity index (χ2v) is 6.57. The Labute approximate surface area is 142 Å². The van der Waals surface area contributed by atoms with E-state index in [1.165, 1.54) is 0 Å². The molecule has 1 aromatic carbocycles. The summed E-state index contributed by atoms with van der Waals surface area (Å²) < 4.78 is 38.2. The number of amides is 2. The molecule has 4 nitrogen and oxygen atoms in total. The predicted molar refractivity (Wildman–Crippen MR) is 82.5 cm³/mol. The van der Waals surface area contributed by atoms with Gasteiger partial charge in [-0.3, -0.25) is 9.59 Å². The molecule has 2 unspecified atom stereocenters. The molecule has 2 atom stereocenters. The maximum Gasteiger partial charge on any atom is 0.416 e. The third-order valence-electron chi connectivity index (χ3n) is 4.41. The van der Waals surface area contributed by atoms with Gasteiger partial charge >= 0.3 is 6.18 Å². The fourth-order valence-corrected chi connectivity index (χ4v) is 3.12. The maximum absolute atomic E-state index is 12.7. The van der Waals surface area contributed by atoms with Crippen LogP contribution in [0, 0.1) is 11.8 Å². The van der Waals surface area contributed by atoms with E-state index in [1.54, 1.807) is 4.90 Å². The zero-order valence-corrected chi connectivity index (χ0v) is 13.5. The van der Waals surface area contributed by atoms with Crippen molar-refractivity contribution < 1.29 is 22.8 Å². The smallest absolute Gasteiger partial charge is 0.342 e. The molecule has 0 radical (unpaired) electrons. The van der Waals surface area contributed by atoms with E-state index in [0.29, 0.717) is 19.5 Å². The molecule has 0 aromatic heterocycles. The maximum atomic E-state index is 12.7. The van der Waals surface area contributed by atoms with Gasteiger partial charge in [0.2, 0.25) is 11.8 Å². The number of carbonyl (C=O) groups excluding carboxylic acids is 2. The Morgan fingerprint density at radius 1 is 1.17 bits per heavy atom. The zero-order valence-electron chi connectivity index (χ0n) is 12.7. The lowest BCUT2D eigenvalue weighted by Crippen LogP contribution is -2.30. The first-order chi connectivity index (χ1) is 11.3. The van der Waals surface area contributed by atoms with E-state index in [-0.39, 0.29) is 22.5 Å². The summed E-state index contributed by atoms with van der Waals surface area (Å²) in [5.74, 6) is -1.37. The Bertz CT molecular complexity index is 672. The number of benzene rings is 1. The van der Waals surface area contributed by atoms with Crippen molar-refractivity contribution in [2.24, 2.45) is 11.8 Å². The lowest BCUT2D eigenvalue weighted by molar-refractivity contribution is -0.137. The van der Waals surface area contributed by atoms with Gasteiger partial charge in [-0.25, -0.2) is 0 Å². The Kier molecular flexibility index (Phi) is 4.46. The first kappa shape index (κ1) is 17.1. The first-order valence-corrected chi connectivity index (χ1v) is 8.11. The van der Waals surface area contributed by atoms with Gasteiger partial charge in [0, 0.05) is 13.1 Å². The van der Waals surface area contributed by atoms with Crippen LogP contribution in [-0.4, -0.2) is 29.8 Å². The number of nitrogens with one attached hydrogen (secondary N) is 1. The second-order valence-electron chi connectivity index (χ2n) is 6.16. The summed E-state index contributed by atoms with van der Waals surface area (Å²) in [5, 5.41) is 2.45. The fourth-order valence-electron chi connectivity index (χ4n) is 2.95. The number of rotatable bonds is 3. The topological polar surface area (TPSA) is 49.4 Å². The number of carbonyl (C=O) groups is 2. The summed E-state index contributed by atoms with van der Waals surface area (Å²) in [6, 6.07) is 2.76. The van der Waals surface area contributed by atoms with E-state index in [9.17, 15) is 22.8 Å². The van der Waals surface area contributed by atoms with Gasteiger partial charge in [0.15, 0.2) is 0 Å². The molecule has 2 amide bonds. The van der Waals surface area contributed by atoms with Crippen LogP contribution in [0.4, 0.5) is 18.9 Å². The Morgan fingerprint density at radius 2 is 1.83 bits per heavy atom. The molecule has 1 N–H and O–H groups in total. The van der Waals surface area contributed by atoms with Crippen molar-refractivity contribution in [3.05, 3.63) is 28.8 Å². The van der Waals surface area contributed by atoms with Crippen molar-refractivity contribution in [1.82, 2.24) is 4.90 Å². The molecule has 0 bridgehead atoms. The van der Waals surface area contributed by atoms with Crippen molar-refractivity contribution in [1.29, 1.82) is 0 Å². The van der Waals surface area contributed by atoms with Crippen molar-refractivity contribution in [2.75, 3.05) is 18.4 Å². The van der Waals surface area contributed by atoms with E-state index < -0.39 is 23.6 Å². The lowest BCUT2D eigenvalue weighted by atomic mass is 10.2. The minimum Gasteiger partial charge on any atom is -0.342 e. The molecule has 2 fully saturated rings. The largest absolute Gasteiger partial charge is 0.416 e. The van der Waals surface area contributed by atoms with Crippen LogP contribution in [0.5, 0.6) is 0 Å². The van der Waals surface area contributed by atoms with Crippen LogP contribution < -0.4 is 5.32 Å². The molecule has 24 heavy (non-hydrogen) atoms. The van der Waals surface area contributed by atoms with E-state index in [1.807, 2.05) is 0 Å². The average molecular weight is 361 g/mol. The van der Waals surface area contributed by atoms with Crippen LogP contribution in [0.15, 0.2) is 18.2 Å². The number of alkyl halides is 3. The highest BCUT2D eigenvalue weighted by Gasteiger charge is 2.49. The molecule has 130 valence electrons. The lowest BCUT2D eigenvalue weighted by Gasteiger charge is -2.15. The third-order valence-corrected chi connectivity index (χ3v) is 4.74. The molecule has 1 saturated carbocycles. The monoisotopic (exact) mass is 360 g/mol. The zero-order chi connectivity index (χ0) is 17.5. The quantitative estimate of drug-likeness (QED) is 0.896. The number of likely N-dealkylation sites (tertiary alicyclic amines) is 1. The minimum atomic E-state index is -4.52. The highest BCUT2D eigenvalue weighted by Crippen LogP contribution is 2.42. The Morgan fingerprint density at radius 3 is 2.46 bits per heavy atom. The van der Waals surface area contributed by atoms with Gasteiger partial charge < -0.3 is 10.2 Å². The molecule has 1 aliphatic carbocycles. The average Bonchev–Trinajstić information content (AvgIpc) is 3.13. The van der Waals surface area contributed by atoms with Crippen LogP contribution in [-0.2, 0) is 15.8 Å². The molecule has 1 heterocycles. The van der Waals surface area contributed by atoms with Gasteiger partial charge in [-0.1, -0.05) is 11.6 Å². The minimum absolute atomic E-state index is 0.0272. The second kappa shape index (κ2) is 6.27. The number of halogens is 4. The van der Waals surface area contributed by atoms with Gasteiger partial charge in [-0.2, -0.15) is 13.2 Å². The summed E-state index contributed by atoms with van der Waals surface area (Å²) in [6.45, 7) is 1.42. The summed E-state index contributed by atoms with van der Waals surface area (Å²) >= 11 is 5.86. The summed E-state index contributed by atoms with van der Waals surface area (Å²) in [7, 11) is 0. The van der Waals surface area contributed by atoms with Crippen LogP contribution in [0.1, 0.15) is 24.8 Å². The van der Waals surface area contributed by atoms with Crippen LogP contribution in [0.2, 0.25) is 5.02 Å². The standard InChI is InChI=1S/C16H16ClF3N2O2/c17-12-4-3-9(16(18,19)20)7-13(12)21-14(23)10-8-11(10)15(24)22-5-1-2-6-22/h3-4,7,10-11H,1-2,5-6,8H2,(H,21,23). The summed E-state index contributed by atoms with van der Waals surface area (Å²) in [6.07, 6.45) is -2.15. The molecule has 1 saturated heterocycles. The highest BCUT2D eigenvalue weighted by molar-refractivity contribution is 6.33. The Hall–Kier alpha value is -1.76. The molecular formula is C16H16ClF3N2O2. The molecule has 1 aliphatic heterocycles. The SMILES string of the molecule is O=C(Nc1cc(C(F)(F)F)ccc1Cl)C1CC1C(=O)N1CCCC1. The van der Waals surface area contributed by atoms with Gasteiger partial charge in [0.25, 0.3) is 0 Å². The van der Waals surface area contributed by atoms with E-state index in [4.69, 9.17) is 11.6 Å². The van der Waals surface area contributed by atoms with Crippen molar-refractivity contribution in [2.45, 2.75) is 25.4 Å². The number of hydrogen-bond donors (Lipinski definition) is 1. The summed E-state index contributed by atoms with van der Waals surface area (Å²) in [4.78, 5) is 26.1. The molecular weight excluding hydrogens is 345 g/mol. The van der Waals surface area contributed by atoms with Crippen LogP contribution >= 0.6 is 11.6 Å². The molecule has 1 aromatic rings. The molecule has 0 spiro atoms. The number of hydrogen-bond acceptors (Lipinski definition) is 2. The first-order valence-electron chi connectivity index (χ1n) is 7.74. The molecule has 3 rings (SSSR count). The van der Waals surface area contributed by atoms with Gasteiger partial charge in [0.1, 0.15) is 0 Å². The Balaban J connectivity index is 1.65. The highest BCUT2D eigenvalue weighted by atomic mass is 35.5. The number of anilines is 1. The normalized spacial score (nSPS) is 23.2. The van der Waals surface area contributed by atoms with Crippen molar-refractivity contribution >= 4 is 29.1 Å².